The zero-order chi connectivity index (χ0) is 23.6. The third kappa shape index (κ3) is 5.72. The molecule has 1 amide bonds. The van der Waals surface area contributed by atoms with Crippen LogP contribution in [0.2, 0.25) is 5.02 Å². The fourth-order valence-electron chi connectivity index (χ4n) is 3.74. The predicted octanol–water partition coefficient (Wildman–Crippen LogP) is 5.76. The molecule has 0 aliphatic heterocycles. The van der Waals surface area contributed by atoms with Gasteiger partial charge >= 0.3 is 5.97 Å². The molecule has 0 spiro atoms. The van der Waals surface area contributed by atoms with Gasteiger partial charge in [-0.05, 0) is 77.1 Å². The molecule has 0 atom stereocenters. The first-order valence-corrected chi connectivity index (χ1v) is 11.8. The number of aryl methyl sites for hydroxylation is 1. The third-order valence-corrected chi connectivity index (χ3v) is 6.67. The quantitative estimate of drug-likeness (QED) is 0.553. The second-order valence-corrected chi connectivity index (χ2v) is 10.7. The fourth-order valence-corrected chi connectivity index (χ4v) is 4.89. The van der Waals surface area contributed by atoms with Crippen LogP contribution < -0.4 is 4.90 Å². The average molecular weight is 474 g/mol. The molecule has 2 aromatic rings. The molecule has 1 saturated carbocycles. The van der Waals surface area contributed by atoms with E-state index in [1.165, 1.54) is 0 Å². The second-order valence-electron chi connectivity index (χ2n) is 9.25. The van der Waals surface area contributed by atoms with Crippen LogP contribution in [0, 0.1) is 24.2 Å². The molecule has 0 saturated heterocycles. The minimum atomic E-state index is -1.10. The van der Waals surface area contributed by atoms with Crippen molar-refractivity contribution in [2.45, 2.75) is 65.5 Å². The molecule has 170 valence electrons. The van der Waals surface area contributed by atoms with Gasteiger partial charge in [-0.2, -0.15) is 0 Å². The maximum atomic E-state index is 13.7. The summed E-state index contributed by atoms with van der Waals surface area (Å²) < 4.78 is 0. The summed E-state index contributed by atoms with van der Waals surface area (Å²) in [6, 6.07) is 6.67. The Morgan fingerprint density at radius 1 is 1.16 bits per heavy atom. The average Bonchev–Trinajstić information content (AvgIpc) is 3.12. The lowest BCUT2D eigenvalue weighted by molar-refractivity contribution is 0.0702. The summed E-state index contributed by atoms with van der Waals surface area (Å²) in [7, 11) is 0. The summed E-state index contributed by atoms with van der Waals surface area (Å²) in [5.74, 6) is 4.75. The zero-order valence-electron chi connectivity index (χ0n) is 18.7. The number of carboxylic acid groups (broad SMARTS) is 1. The van der Waals surface area contributed by atoms with Crippen molar-refractivity contribution in [3.05, 3.63) is 50.2 Å². The number of carbonyl (C=O) groups is 2. The first kappa shape index (κ1) is 24.3. The molecule has 32 heavy (non-hydrogen) atoms. The van der Waals surface area contributed by atoms with Gasteiger partial charge in [0.2, 0.25) is 0 Å². The number of halogens is 1. The molecule has 2 N–H and O–H groups in total. The van der Waals surface area contributed by atoms with Crippen LogP contribution in [-0.4, -0.2) is 34.2 Å². The molecule has 1 fully saturated rings. The molecule has 0 bridgehead atoms. The molecular weight excluding hydrogens is 446 g/mol. The SMILES string of the molecule is Cc1ccc(C(=O)N(c2cc(C#CC(C)(C)C)sc2C(=O)O)[C@H]2CC[C@H](O)CC2)c(Cl)c1. The van der Waals surface area contributed by atoms with E-state index in [0.29, 0.717) is 46.8 Å². The van der Waals surface area contributed by atoms with E-state index in [0.717, 1.165) is 16.9 Å². The van der Waals surface area contributed by atoms with Crippen molar-refractivity contribution >= 4 is 40.5 Å². The van der Waals surface area contributed by atoms with Crippen molar-refractivity contribution in [3.8, 4) is 11.8 Å². The van der Waals surface area contributed by atoms with E-state index < -0.39 is 12.1 Å². The number of hydrogen-bond donors (Lipinski definition) is 2. The molecular formula is C25H28ClNO4S. The van der Waals surface area contributed by atoms with Crippen molar-refractivity contribution in [3.63, 3.8) is 0 Å². The van der Waals surface area contributed by atoms with Crippen LogP contribution in [0.15, 0.2) is 24.3 Å². The molecule has 5 nitrogen and oxygen atoms in total. The molecule has 3 rings (SSSR count). The van der Waals surface area contributed by atoms with Crippen molar-refractivity contribution < 1.29 is 19.8 Å². The number of aliphatic hydroxyl groups excluding tert-OH is 1. The van der Waals surface area contributed by atoms with Crippen LogP contribution >= 0.6 is 22.9 Å². The lowest BCUT2D eigenvalue weighted by Gasteiger charge is -2.36. The molecule has 0 radical (unpaired) electrons. The van der Waals surface area contributed by atoms with E-state index >= 15 is 0 Å². The molecule has 1 heterocycles. The largest absolute Gasteiger partial charge is 0.477 e. The lowest BCUT2D eigenvalue weighted by atomic mass is 9.91. The number of thiophene rings is 1. The highest BCUT2D eigenvalue weighted by atomic mass is 35.5. The van der Waals surface area contributed by atoms with Gasteiger partial charge in [0.1, 0.15) is 4.88 Å². The first-order chi connectivity index (χ1) is 15.0. The highest BCUT2D eigenvalue weighted by Gasteiger charge is 2.34. The van der Waals surface area contributed by atoms with Gasteiger partial charge in [-0.1, -0.05) is 29.5 Å². The highest BCUT2D eigenvalue weighted by Crippen LogP contribution is 2.37. The van der Waals surface area contributed by atoms with Gasteiger partial charge in [0.25, 0.3) is 5.91 Å². The van der Waals surface area contributed by atoms with Gasteiger partial charge in [-0.3, -0.25) is 4.79 Å². The van der Waals surface area contributed by atoms with Gasteiger partial charge in [-0.25, -0.2) is 4.79 Å². The van der Waals surface area contributed by atoms with Crippen LogP contribution in [-0.2, 0) is 0 Å². The molecule has 1 aliphatic rings. The summed E-state index contributed by atoms with van der Waals surface area (Å²) in [6.07, 6.45) is 1.86. The molecule has 1 aromatic carbocycles. The van der Waals surface area contributed by atoms with E-state index in [4.69, 9.17) is 11.6 Å². The maximum absolute atomic E-state index is 13.7. The number of amides is 1. The zero-order valence-corrected chi connectivity index (χ0v) is 20.3. The van der Waals surface area contributed by atoms with Gasteiger partial charge in [0.05, 0.1) is 27.3 Å². The highest BCUT2D eigenvalue weighted by molar-refractivity contribution is 7.15. The molecule has 1 aliphatic carbocycles. The topological polar surface area (TPSA) is 77.8 Å². The standard InChI is InChI=1S/C25H28ClNO4S/c1-15-5-10-19(20(26)13-15)23(29)27(16-6-8-17(28)9-7-16)21-14-18(11-12-25(2,3)4)32-22(21)24(30)31/h5,10,13-14,16-17,28H,6-9H2,1-4H3,(H,30,31)/t16-,17-. The number of carboxylic acids is 1. The van der Waals surface area contributed by atoms with Crippen molar-refractivity contribution in [2.75, 3.05) is 4.90 Å². The maximum Gasteiger partial charge on any atom is 0.348 e. The Morgan fingerprint density at radius 3 is 2.38 bits per heavy atom. The Bertz CT molecular complexity index is 1080. The Kier molecular flexibility index (Phi) is 7.34. The Morgan fingerprint density at radius 2 is 1.81 bits per heavy atom. The number of hydrogen-bond acceptors (Lipinski definition) is 4. The number of anilines is 1. The number of aromatic carboxylic acids is 1. The van der Waals surface area contributed by atoms with Gasteiger partial charge in [-0.15, -0.1) is 11.3 Å². The minimum Gasteiger partial charge on any atom is -0.477 e. The molecule has 0 unspecified atom stereocenters. The van der Waals surface area contributed by atoms with Crippen molar-refractivity contribution in [2.24, 2.45) is 5.41 Å². The van der Waals surface area contributed by atoms with Crippen LogP contribution in [0.1, 0.15) is 76.9 Å². The van der Waals surface area contributed by atoms with E-state index in [-0.39, 0.29) is 22.2 Å². The van der Waals surface area contributed by atoms with Gasteiger partial charge in [0.15, 0.2) is 0 Å². The minimum absolute atomic E-state index is 0.0749. The number of aliphatic hydroxyl groups is 1. The number of carbonyl (C=O) groups excluding carboxylic acids is 1. The van der Waals surface area contributed by atoms with Gasteiger partial charge < -0.3 is 15.1 Å². The van der Waals surface area contributed by atoms with Gasteiger partial charge in [0, 0.05) is 11.5 Å². The Balaban J connectivity index is 2.12. The summed E-state index contributed by atoms with van der Waals surface area (Å²) in [5, 5.41) is 20.2. The Labute approximate surface area is 198 Å². The number of rotatable bonds is 4. The summed E-state index contributed by atoms with van der Waals surface area (Å²) in [6.45, 7) is 7.83. The Hall–Kier alpha value is -2.33. The first-order valence-electron chi connectivity index (χ1n) is 10.6. The van der Waals surface area contributed by atoms with E-state index in [1.807, 2.05) is 33.8 Å². The monoisotopic (exact) mass is 473 g/mol. The predicted molar refractivity (Wildman–Crippen MR) is 129 cm³/mol. The molecule has 7 heteroatoms. The number of benzene rings is 1. The normalized spacial score (nSPS) is 18.6. The summed E-state index contributed by atoms with van der Waals surface area (Å²) >= 11 is 7.47. The van der Waals surface area contributed by atoms with E-state index in [9.17, 15) is 19.8 Å². The van der Waals surface area contributed by atoms with E-state index in [2.05, 4.69) is 11.8 Å². The molecule has 1 aromatic heterocycles. The third-order valence-electron chi connectivity index (χ3n) is 5.33. The van der Waals surface area contributed by atoms with Crippen LogP contribution in [0.4, 0.5) is 5.69 Å². The van der Waals surface area contributed by atoms with Crippen molar-refractivity contribution in [1.29, 1.82) is 0 Å². The van der Waals surface area contributed by atoms with Crippen LogP contribution in [0.25, 0.3) is 0 Å². The van der Waals surface area contributed by atoms with Crippen molar-refractivity contribution in [1.82, 2.24) is 0 Å². The number of nitrogens with zero attached hydrogens (tertiary/aromatic N) is 1. The summed E-state index contributed by atoms with van der Waals surface area (Å²) in [5.41, 5.74) is 1.36. The second kappa shape index (κ2) is 9.66. The summed E-state index contributed by atoms with van der Waals surface area (Å²) in [4.78, 5) is 28.0. The smallest absolute Gasteiger partial charge is 0.348 e. The lowest BCUT2D eigenvalue weighted by Crippen LogP contribution is -2.44. The van der Waals surface area contributed by atoms with Crippen LogP contribution in [0.5, 0.6) is 0 Å². The van der Waals surface area contributed by atoms with Crippen LogP contribution in [0.3, 0.4) is 0 Å². The van der Waals surface area contributed by atoms with E-state index in [1.54, 1.807) is 23.1 Å². The fraction of sp³-hybridized carbons (Fsp3) is 0.440.